The van der Waals surface area contributed by atoms with Crippen molar-refractivity contribution in [1.82, 2.24) is 9.55 Å². The molecule has 3 heteroatoms. The second-order valence-electron chi connectivity index (χ2n) is 4.75. The summed E-state index contributed by atoms with van der Waals surface area (Å²) >= 11 is 0. The fourth-order valence-electron chi connectivity index (χ4n) is 1.99. The van der Waals surface area contributed by atoms with Gasteiger partial charge in [0.15, 0.2) is 0 Å². The third kappa shape index (κ3) is 2.46. The van der Waals surface area contributed by atoms with Gasteiger partial charge in [0.05, 0.1) is 6.10 Å². The van der Waals surface area contributed by atoms with Gasteiger partial charge < -0.3 is 9.30 Å². The number of hydrogen-bond acceptors (Lipinski definition) is 2. The minimum atomic E-state index is 0.129. The fraction of sp³-hybridized carbons (Fsp3) is 0.400. The summed E-state index contributed by atoms with van der Waals surface area (Å²) in [6, 6.07) is 8.82. The van der Waals surface area contributed by atoms with Crippen LogP contribution in [0.5, 0.6) is 0 Å². The van der Waals surface area contributed by atoms with E-state index in [9.17, 15) is 0 Å². The first-order valence-corrected chi connectivity index (χ1v) is 6.29. The number of benzene rings is 1. The molecule has 1 aromatic carbocycles. The van der Waals surface area contributed by atoms with Crippen LogP contribution in [0, 0.1) is 0 Å². The molecule has 0 aliphatic carbocycles. The van der Waals surface area contributed by atoms with Crippen LogP contribution in [-0.2, 0) is 4.74 Å². The van der Waals surface area contributed by atoms with Crippen LogP contribution in [0.2, 0.25) is 0 Å². The fourth-order valence-corrected chi connectivity index (χ4v) is 1.99. The number of rotatable bonds is 4. The first-order valence-electron chi connectivity index (χ1n) is 6.29. The molecule has 0 spiro atoms. The van der Waals surface area contributed by atoms with Crippen LogP contribution in [0.4, 0.5) is 0 Å². The van der Waals surface area contributed by atoms with E-state index in [1.165, 1.54) is 5.56 Å². The van der Waals surface area contributed by atoms with Crippen LogP contribution in [-0.4, -0.2) is 16.7 Å². The lowest BCUT2D eigenvalue weighted by Crippen LogP contribution is -2.02. The number of nitrogens with zero attached hydrogens (tertiary/aromatic N) is 2. The zero-order valence-corrected chi connectivity index (χ0v) is 11.4. The maximum absolute atomic E-state index is 5.31. The third-order valence-electron chi connectivity index (χ3n) is 3.22. The molecule has 3 nitrogen and oxygen atoms in total. The molecule has 0 bridgehead atoms. The van der Waals surface area contributed by atoms with Crippen LogP contribution in [0.3, 0.4) is 0 Å². The monoisotopic (exact) mass is 244 g/mol. The van der Waals surface area contributed by atoms with Crippen molar-refractivity contribution in [2.24, 2.45) is 0 Å². The Morgan fingerprint density at radius 3 is 2.33 bits per heavy atom. The summed E-state index contributed by atoms with van der Waals surface area (Å²) < 4.78 is 7.48. The topological polar surface area (TPSA) is 27.1 Å². The largest absolute Gasteiger partial charge is 0.377 e. The Labute approximate surface area is 108 Å². The smallest absolute Gasteiger partial charge is 0.140 e. The number of aromatic nitrogens is 2. The van der Waals surface area contributed by atoms with E-state index in [1.807, 2.05) is 19.3 Å². The standard InChI is InChI=1S/C15H20N2O/c1-11(2)17-10-9-16-15(17)14-7-5-13(6-8-14)12(3)18-4/h5-12H,1-4H3/t12-/m1/s1. The third-order valence-corrected chi connectivity index (χ3v) is 3.22. The molecule has 0 aliphatic heterocycles. The predicted molar refractivity (Wildman–Crippen MR) is 73.5 cm³/mol. The zero-order valence-electron chi connectivity index (χ0n) is 11.4. The lowest BCUT2D eigenvalue weighted by molar-refractivity contribution is 0.119. The molecule has 18 heavy (non-hydrogen) atoms. The molecule has 0 fully saturated rings. The normalized spacial score (nSPS) is 12.9. The second-order valence-corrected chi connectivity index (χ2v) is 4.75. The SMILES string of the molecule is CO[C@H](C)c1ccc(-c2nccn2C(C)C)cc1. The minimum Gasteiger partial charge on any atom is -0.377 e. The lowest BCUT2D eigenvalue weighted by Gasteiger charge is -2.13. The van der Waals surface area contributed by atoms with E-state index in [0.29, 0.717) is 6.04 Å². The van der Waals surface area contributed by atoms with Gasteiger partial charge in [0.2, 0.25) is 0 Å². The van der Waals surface area contributed by atoms with Gasteiger partial charge in [-0.3, -0.25) is 0 Å². The summed E-state index contributed by atoms with van der Waals surface area (Å²) in [6.07, 6.45) is 4.00. The number of imidazole rings is 1. The van der Waals surface area contributed by atoms with Crippen LogP contribution < -0.4 is 0 Å². The van der Waals surface area contributed by atoms with Crippen molar-refractivity contribution in [2.45, 2.75) is 32.9 Å². The molecule has 0 saturated carbocycles. The molecule has 2 rings (SSSR count). The Kier molecular flexibility index (Phi) is 3.82. The summed E-state index contributed by atoms with van der Waals surface area (Å²) in [6.45, 7) is 6.36. The molecular formula is C15H20N2O. The lowest BCUT2D eigenvalue weighted by atomic mass is 10.1. The predicted octanol–water partition coefficient (Wildman–Crippen LogP) is 3.84. The van der Waals surface area contributed by atoms with Gasteiger partial charge in [-0.25, -0.2) is 4.98 Å². The van der Waals surface area contributed by atoms with Gasteiger partial charge in [0, 0.05) is 31.1 Å². The van der Waals surface area contributed by atoms with Crippen LogP contribution >= 0.6 is 0 Å². The van der Waals surface area contributed by atoms with Crippen molar-refractivity contribution < 1.29 is 4.74 Å². The molecule has 0 N–H and O–H groups in total. The summed E-state index contributed by atoms with van der Waals surface area (Å²) in [5.74, 6) is 1.02. The van der Waals surface area contributed by atoms with E-state index in [4.69, 9.17) is 4.74 Å². The maximum Gasteiger partial charge on any atom is 0.140 e. The van der Waals surface area contributed by atoms with Crippen molar-refractivity contribution >= 4 is 0 Å². The van der Waals surface area contributed by atoms with Crippen LogP contribution in [0.25, 0.3) is 11.4 Å². The molecule has 1 heterocycles. The highest BCUT2D eigenvalue weighted by molar-refractivity contribution is 5.56. The molecule has 0 amide bonds. The Hall–Kier alpha value is -1.61. The Balaban J connectivity index is 2.32. The van der Waals surface area contributed by atoms with E-state index < -0.39 is 0 Å². The Morgan fingerprint density at radius 1 is 1.11 bits per heavy atom. The summed E-state index contributed by atoms with van der Waals surface area (Å²) in [5, 5.41) is 0. The number of ether oxygens (including phenoxy) is 1. The van der Waals surface area contributed by atoms with Crippen molar-refractivity contribution in [3.05, 3.63) is 42.2 Å². The van der Waals surface area contributed by atoms with Gasteiger partial charge in [-0.1, -0.05) is 24.3 Å². The molecule has 1 aromatic heterocycles. The number of hydrogen-bond donors (Lipinski definition) is 0. The minimum absolute atomic E-state index is 0.129. The Bertz CT molecular complexity index is 499. The second kappa shape index (κ2) is 5.36. The van der Waals surface area contributed by atoms with Crippen LogP contribution in [0.15, 0.2) is 36.7 Å². The van der Waals surface area contributed by atoms with Crippen molar-refractivity contribution in [2.75, 3.05) is 7.11 Å². The van der Waals surface area contributed by atoms with Crippen molar-refractivity contribution in [3.63, 3.8) is 0 Å². The van der Waals surface area contributed by atoms with Crippen molar-refractivity contribution in [3.8, 4) is 11.4 Å². The van der Waals surface area contributed by atoms with Gasteiger partial charge in [0.25, 0.3) is 0 Å². The maximum atomic E-state index is 5.31. The average Bonchev–Trinajstić information content (AvgIpc) is 2.87. The quantitative estimate of drug-likeness (QED) is 0.817. The van der Waals surface area contributed by atoms with Gasteiger partial charge in [-0.15, -0.1) is 0 Å². The first kappa shape index (κ1) is 12.8. The molecular weight excluding hydrogens is 224 g/mol. The summed E-state index contributed by atoms with van der Waals surface area (Å²) in [4.78, 5) is 4.43. The first-order chi connectivity index (χ1) is 8.63. The van der Waals surface area contributed by atoms with E-state index >= 15 is 0 Å². The number of methoxy groups -OCH3 is 1. The van der Waals surface area contributed by atoms with E-state index in [1.54, 1.807) is 7.11 Å². The average molecular weight is 244 g/mol. The molecule has 96 valence electrons. The van der Waals surface area contributed by atoms with Gasteiger partial charge in [-0.2, -0.15) is 0 Å². The zero-order chi connectivity index (χ0) is 13.1. The van der Waals surface area contributed by atoms with Crippen molar-refractivity contribution in [1.29, 1.82) is 0 Å². The van der Waals surface area contributed by atoms with Gasteiger partial charge in [0.1, 0.15) is 5.82 Å². The molecule has 0 unspecified atom stereocenters. The summed E-state index contributed by atoms with van der Waals surface area (Å²) in [7, 11) is 1.73. The van der Waals surface area contributed by atoms with E-state index in [-0.39, 0.29) is 6.10 Å². The molecule has 1 atom stereocenters. The highest BCUT2D eigenvalue weighted by atomic mass is 16.5. The molecule has 0 saturated heterocycles. The van der Waals surface area contributed by atoms with E-state index in [0.717, 1.165) is 11.4 Å². The Morgan fingerprint density at radius 2 is 1.78 bits per heavy atom. The molecule has 0 aliphatic rings. The van der Waals surface area contributed by atoms with Crippen LogP contribution in [0.1, 0.15) is 38.5 Å². The molecule has 2 aromatic rings. The van der Waals surface area contributed by atoms with Gasteiger partial charge in [-0.05, 0) is 26.3 Å². The summed E-state index contributed by atoms with van der Waals surface area (Å²) in [5.41, 5.74) is 2.32. The highest BCUT2D eigenvalue weighted by Crippen LogP contribution is 2.23. The molecule has 0 radical (unpaired) electrons. The van der Waals surface area contributed by atoms with E-state index in [2.05, 4.69) is 47.7 Å². The van der Waals surface area contributed by atoms with Gasteiger partial charge >= 0.3 is 0 Å². The highest BCUT2D eigenvalue weighted by Gasteiger charge is 2.09.